The van der Waals surface area contributed by atoms with Gasteiger partial charge in [-0.15, -0.1) is 11.3 Å². The van der Waals surface area contributed by atoms with Crippen LogP contribution in [0.1, 0.15) is 44.5 Å². The average molecular weight is 448 g/mol. The molecule has 10 nitrogen and oxygen atoms in total. The van der Waals surface area contributed by atoms with Gasteiger partial charge in [0.05, 0.1) is 29.8 Å². The Kier molecular flexibility index (Phi) is 6.85. The number of benzene rings is 1. The van der Waals surface area contributed by atoms with Crippen LogP contribution in [-0.2, 0) is 27.1 Å². The van der Waals surface area contributed by atoms with E-state index in [2.05, 4.69) is 5.32 Å². The maximum Gasteiger partial charge on any atom is 0.341 e. The van der Waals surface area contributed by atoms with Gasteiger partial charge in [0.15, 0.2) is 12.4 Å². The Labute approximate surface area is 181 Å². The molecule has 1 aliphatic carbocycles. The third-order valence-corrected chi connectivity index (χ3v) is 5.81. The van der Waals surface area contributed by atoms with Gasteiger partial charge in [0, 0.05) is 10.9 Å². The van der Waals surface area contributed by atoms with Crippen LogP contribution in [0.25, 0.3) is 0 Å². The van der Waals surface area contributed by atoms with Crippen LogP contribution in [0.2, 0.25) is 0 Å². The summed E-state index contributed by atoms with van der Waals surface area (Å²) in [5.74, 6) is -2.04. The van der Waals surface area contributed by atoms with Gasteiger partial charge in [0.1, 0.15) is 5.00 Å². The standard InChI is InChI=1S/C20H20N2O8S/c1-3-29-20(25)17-12-5-4-6-15(12)31-18(17)21-16(23)10-30-19(24)11-7-8-14(28-2)13(9-11)22(26)27/h7-9H,3-6,10H2,1-2H3,(H,21,23). The number of thiophene rings is 1. The molecule has 1 heterocycles. The van der Waals surface area contributed by atoms with Gasteiger partial charge >= 0.3 is 17.6 Å². The minimum Gasteiger partial charge on any atom is -0.490 e. The number of aryl methyl sites for hydroxylation is 1. The first-order valence-corrected chi connectivity index (χ1v) is 10.3. The number of anilines is 1. The highest BCUT2D eigenvalue weighted by Gasteiger charge is 2.28. The zero-order valence-electron chi connectivity index (χ0n) is 16.9. The molecule has 1 aromatic heterocycles. The van der Waals surface area contributed by atoms with Crippen LogP contribution in [-0.4, -0.2) is 43.1 Å². The molecule has 1 N–H and O–H groups in total. The number of nitrogens with one attached hydrogen (secondary N) is 1. The number of nitro groups is 1. The summed E-state index contributed by atoms with van der Waals surface area (Å²) in [7, 11) is 1.27. The minimum absolute atomic E-state index is 0.00321. The predicted molar refractivity (Wildman–Crippen MR) is 111 cm³/mol. The van der Waals surface area contributed by atoms with Crippen LogP contribution in [0, 0.1) is 10.1 Å². The summed E-state index contributed by atoms with van der Waals surface area (Å²) in [5.41, 5.74) is 0.752. The fraction of sp³-hybridized carbons (Fsp3) is 0.350. The Hall–Kier alpha value is -3.47. The summed E-state index contributed by atoms with van der Waals surface area (Å²) in [5, 5.41) is 14.1. The number of esters is 2. The molecule has 0 bridgehead atoms. The Morgan fingerprint density at radius 2 is 1.97 bits per heavy atom. The third kappa shape index (κ3) is 4.82. The van der Waals surface area contributed by atoms with E-state index in [1.807, 2.05) is 0 Å². The number of ether oxygens (including phenoxy) is 3. The second-order valence-electron chi connectivity index (χ2n) is 6.55. The molecule has 1 amide bonds. The van der Waals surface area contributed by atoms with E-state index >= 15 is 0 Å². The smallest absolute Gasteiger partial charge is 0.341 e. The molecule has 0 fully saturated rings. The first-order chi connectivity index (χ1) is 14.8. The van der Waals surface area contributed by atoms with Crippen molar-refractivity contribution < 1.29 is 33.5 Å². The first-order valence-electron chi connectivity index (χ1n) is 9.46. The van der Waals surface area contributed by atoms with Crippen molar-refractivity contribution in [3.63, 3.8) is 0 Å². The first kappa shape index (κ1) is 22.2. The van der Waals surface area contributed by atoms with E-state index in [1.165, 1.54) is 30.6 Å². The van der Waals surface area contributed by atoms with Gasteiger partial charge in [-0.2, -0.15) is 0 Å². The van der Waals surface area contributed by atoms with Gasteiger partial charge in [-0.05, 0) is 43.9 Å². The van der Waals surface area contributed by atoms with Crippen molar-refractivity contribution >= 4 is 39.9 Å². The quantitative estimate of drug-likeness (QED) is 0.370. The average Bonchev–Trinajstić information content (AvgIpc) is 3.32. The van der Waals surface area contributed by atoms with Gasteiger partial charge in [-0.1, -0.05) is 0 Å². The molecule has 3 rings (SSSR count). The molecule has 2 aromatic rings. The number of nitro benzene ring substituents is 1. The maximum atomic E-state index is 12.3. The maximum absolute atomic E-state index is 12.3. The van der Waals surface area contributed by atoms with Crippen molar-refractivity contribution in [3.8, 4) is 5.75 Å². The van der Waals surface area contributed by atoms with E-state index < -0.39 is 35.1 Å². The van der Waals surface area contributed by atoms with E-state index in [4.69, 9.17) is 14.2 Å². The van der Waals surface area contributed by atoms with Crippen LogP contribution < -0.4 is 10.1 Å². The summed E-state index contributed by atoms with van der Waals surface area (Å²) in [6.45, 7) is 1.29. The molecule has 31 heavy (non-hydrogen) atoms. The number of carbonyl (C=O) groups excluding carboxylic acids is 3. The zero-order chi connectivity index (χ0) is 22.5. The number of amides is 1. The number of hydrogen-bond acceptors (Lipinski definition) is 9. The lowest BCUT2D eigenvalue weighted by molar-refractivity contribution is -0.385. The molecule has 0 saturated heterocycles. The fourth-order valence-corrected chi connectivity index (χ4v) is 4.54. The molecule has 1 aliphatic rings. The number of fused-ring (bicyclic) bond motifs is 1. The molecular weight excluding hydrogens is 428 g/mol. The van der Waals surface area contributed by atoms with E-state index in [9.17, 15) is 24.5 Å². The lowest BCUT2D eigenvalue weighted by Crippen LogP contribution is -2.22. The van der Waals surface area contributed by atoms with Crippen LogP contribution in [0.4, 0.5) is 10.7 Å². The van der Waals surface area contributed by atoms with Crippen LogP contribution in [0.15, 0.2) is 18.2 Å². The second kappa shape index (κ2) is 9.56. The Bertz CT molecular complexity index is 1050. The van der Waals surface area contributed by atoms with Crippen LogP contribution >= 0.6 is 11.3 Å². The molecule has 164 valence electrons. The van der Waals surface area contributed by atoms with Gasteiger partial charge < -0.3 is 19.5 Å². The molecular formula is C20H20N2O8S. The predicted octanol–water partition coefficient (Wildman–Crippen LogP) is 3.13. The molecule has 0 spiro atoms. The molecule has 0 unspecified atom stereocenters. The van der Waals surface area contributed by atoms with E-state index in [-0.39, 0.29) is 17.9 Å². The van der Waals surface area contributed by atoms with Crippen molar-refractivity contribution in [3.05, 3.63) is 49.9 Å². The SMILES string of the molecule is CCOC(=O)c1c(NC(=O)COC(=O)c2ccc(OC)c([N+](=O)[O-])c2)sc2c1CCC2. The number of nitrogens with zero attached hydrogens (tertiary/aromatic N) is 1. The number of methoxy groups -OCH3 is 1. The monoisotopic (exact) mass is 448 g/mol. The Morgan fingerprint density at radius 3 is 2.65 bits per heavy atom. The van der Waals surface area contributed by atoms with Gasteiger partial charge in [0.25, 0.3) is 5.91 Å². The number of carbonyl (C=O) groups is 3. The fourth-order valence-electron chi connectivity index (χ4n) is 3.25. The van der Waals surface area contributed by atoms with Crippen molar-refractivity contribution in [2.45, 2.75) is 26.2 Å². The zero-order valence-corrected chi connectivity index (χ0v) is 17.7. The molecule has 1 aromatic carbocycles. The highest BCUT2D eigenvalue weighted by molar-refractivity contribution is 7.17. The lowest BCUT2D eigenvalue weighted by Gasteiger charge is -2.09. The van der Waals surface area contributed by atoms with Crippen molar-refractivity contribution in [1.29, 1.82) is 0 Å². The van der Waals surface area contributed by atoms with Crippen molar-refractivity contribution in [2.75, 3.05) is 25.6 Å². The highest BCUT2D eigenvalue weighted by Crippen LogP contribution is 2.39. The molecule has 0 atom stereocenters. The van der Waals surface area contributed by atoms with E-state index in [1.54, 1.807) is 6.92 Å². The van der Waals surface area contributed by atoms with Crippen molar-refractivity contribution in [2.24, 2.45) is 0 Å². The van der Waals surface area contributed by atoms with Gasteiger partial charge in [0.2, 0.25) is 0 Å². The third-order valence-electron chi connectivity index (χ3n) is 4.60. The summed E-state index contributed by atoms with van der Waals surface area (Å²) in [6, 6.07) is 3.59. The lowest BCUT2D eigenvalue weighted by atomic mass is 10.1. The van der Waals surface area contributed by atoms with Crippen LogP contribution in [0.5, 0.6) is 5.75 Å². The summed E-state index contributed by atoms with van der Waals surface area (Å²) in [6.07, 6.45) is 2.50. The highest BCUT2D eigenvalue weighted by atomic mass is 32.1. The molecule has 0 radical (unpaired) electrons. The minimum atomic E-state index is -0.903. The number of rotatable bonds is 8. The normalized spacial score (nSPS) is 12.1. The Balaban J connectivity index is 1.67. The second-order valence-corrected chi connectivity index (χ2v) is 7.66. The summed E-state index contributed by atoms with van der Waals surface area (Å²) in [4.78, 5) is 48.3. The number of hydrogen-bond donors (Lipinski definition) is 1. The van der Waals surface area contributed by atoms with Gasteiger partial charge in [-0.3, -0.25) is 14.9 Å². The molecule has 0 aliphatic heterocycles. The van der Waals surface area contributed by atoms with E-state index in [0.717, 1.165) is 35.8 Å². The molecule has 0 saturated carbocycles. The largest absolute Gasteiger partial charge is 0.490 e. The van der Waals surface area contributed by atoms with Gasteiger partial charge in [-0.25, -0.2) is 9.59 Å². The topological polar surface area (TPSA) is 134 Å². The van der Waals surface area contributed by atoms with E-state index in [0.29, 0.717) is 10.6 Å². The summed E-state index contributed by atoms with van der Waals surface area (Å²) < 4.78 is 15.0. The van der Waals surface area contributed by atoms with Crippen molar-refractivity contribution in [1.82, 2.24) is 0 Å². The summed E-state index contributed by atoms with van der Waals surface area (Å²) >= 11 is 1.31. The Morgan fingerprint density at radius 1 is 1.19 bits per heavy atom. The van der Waals surface area contributed by atoms with Crippen LogP contribution in [0.3, 0.4) is 0 Å². The molecule has 11 heteroatoms.